The van der Waals surface area contributed by atoms with E-state index in [0.717, 1.165) is 0 Å². The maximum Gasteiger partial charge on any atom is 0.210 e. The number of fused-ring (bicyclic) bond motifs is 2. The third-order valence-electron chi connectivity index (χ3n) is 2.99. The van der Waals surface area contributed by atoms with E-state index in [1.54, 1.807) is 0 Å². The monoisotopic (exact) mass is 408 g/mol. The molecule has 0 spiro atoms. The molecule has 142 valence electrons. The molecule has 2 aromatic rings. The third-order valence-corrected chi connectivity index (χ3v) is 4.00. The van der Waals surface area contributed by atoms with Crippen molar-refractivity contribution >= 4 is 23.3 Å². The molecule has 0 radical (unpaired) electrons. The molecule has 0 amide bonds. The molecule has 0 saturated carbocycles. The first-order chi connectivity index (χ1) is 23.1. The van der Waals surface area contributed by atoms with Gasteiger partial charge in [0.05, 0.1) is 50.0 Å². The Kier molecular flexibility index (Phi) is 1.71. The molecule has 1 saturated heterocycles. The summed E-state index contributed by atoms with van der Waals surface area (Å²) < 4.78 is 212. The number of hydrogen-bond donors (Lipinski definition) is 1. The van der Waals surface area contributed by atoms with Crippen molar-refractivity contribution in [3.63, 3.8) is 0 Å². The second-order valence-electron chi connectivity index (χ2n) is 4.56. The molecule has 2 aromatic carbocycles. The van der Waals surface area contributed by atoms with E-state index in [1.165, 1.54) is 0 Å². The minimum atomic E-state index is -4.51. The number of aliphatic hydroxyl groups is 1. The van der Waals surface area contributed by atoms with E-state index >= 15 is 0 Å². The van der Waals surface area contributed by atoms with Gasteiger partial charge in [-0.25, -0.2) is 4.99 Å². The van der Waals surface area contributed by atoms with Gasteiger partial charge < -0.3 is 14.7 Å². The Balaban J connectivity index is 2.11. The molecule has 0 atom stereocenters. The second-order valence-corrected chi connectivity index (χ2v) is 5.58. The highest BCUT2D eigenvalue weighted by Gasteiger charge is 2.24. The summed E-state index contributed by atoms with van der Waals surface area (Å²) in [4.78, 5) is 1.51. The number of hydrogen-bond acceptors (Lipinski definition) is 6. The number of aliphatic imine (C=N–C) groups is 1. The first-order valence-electron chi connectivity index (χ1n) is 19.5. The number of ether oxygens (including phenoxy) is 1. The van der Waals surface area contributed by atoms with Gasteiger partial charge in [-0.15, -0.1) is 0 Å². The molecule has 27 heavy (non-hydrogen) atoms. The average Bonchev–Trinajstić information content (AvgIpc) is 3.16. The SMILES string of the molecule is [2H]OC([2H])([2H])C([2H])([2H])OC([2H])([2H])C([2H])([2H])N1C([2H])([2H])C([2H])([2H])N(C2=Nc3c([2H])c([2H])c([2H])c([2H])c3Sc3c([2H])c([2H])c([2H])c([2H])c32)C([2H])([2H])C1([2H])[2H]. The molecule has 0 aliphatic carbocycles. The molecule has 4 rings (SSSR count). The fourth-order valence-electron chi connectivity index (χ4n) is 1.94. The number of benzene rings is 2. The van der Waals surface area contributed by atoms with Crippen LogP contribution in [-0.2, 0) is 4.74 Å². The topological polar surface area (TPSA) is 48.3 Å². The average molecular weight is 409 g/mol. The van der Waals surface area contributed by atoms with Gasteiger partial charge in [0, 0.05) is 56.1 Å². The van der Waals surface area contributed by atoms with Crippen LogP contribution >= 0.6 is 11.8 Å². The number of rotatable bonds is 6. The molecule has 0 unspecified atom stereocenters. The van der Waals surface area contributed by atoms with Gasteiger partial charge in [-0.05, 0) is 18.1 Å². The van der Waals surface area contributed by atoms with Crippen LogP contribution in [0.4, 0.5) is 5.69 Å². The molecule has 6 heteroatoms. The molecule has 2 heterocycles. The van der Waals surface area contributed by atoms with Crippen molar-refractivity contribution in [3.05, 3.63) is 53.9 Å². The highest BCUT2D eigenvalue weighted by atomic mass is 32.2. The summed E-state index contributed by atoms with van der Waals surface area (Å²) in [6.45, 7) is -34.0. The number of nitrogens with zero attached hydrogens (tertiary/aromatic N) is 3. The van der Waals surface area contributed by atoms with E-state index in [2.05, 4.69) is 14.8 Å². The van der Waals surface area contributed by atoms with Crippen LogP contribution in [0, 0.1) is 0 Å². The Morgan fingerprint density at radius 3 is 2.74 bits per heavy atom. The van der Waals surface area contributed by atoms with Crippen molar-refractivity contribution < 1.29 is 42.7 Å². The summed E-state index contributed by atoms with van der Waals surface area (Å²) >= 11 is 0.294. The maximum absolute atomic E-state index is 8.90. The van der Waals surface area contributed by atoms with Crippen molar-refractivity contribution in [2.45, 2.75) is 9.79 Å². The smallest absolute Gasteiger partial charge is 0.210 e. The second kappa shape index (κ2) is 8.89. The van der Waals surface area contributed by atoms with E-state index in [0.29, 0.717) is 11.8 Å². The van der Waals surface area contributed by atoms with Gasteiger partial charge in [0.2, 0.25) is 1.43 Å². The Morgan fingerprint density at radius 1 is 1.11 bits per heavy atom. The largest absolute Gasteiger partial charge is 0.394 e. The highest BCUT2D eigenvalue weighted by Crippen LogP contribution is 2.40. The molecule has 1 fully saturated rings. The lowest BCUT2D eigenvalue weighted by atomic mass is 10.1. The fourth-order valence-corrected chi connectivity index (χ4v) is 2.79. The zero-order valence-electron chi connectivity index (χ0n) is 38.1. The van der Waals surface area contributed by atoms with E-state index in [4.69, 9.17) is 34.3 Å². The van der Waals surface area contributed by atoms with E-state index in [-0.39, 0.29) is 0 Å². The van der Waals surface area contributed by atoms with E-state index in [9.17, 15) is 0 Å². The van der Waals surface area contributed by atoms with Crippen molar-refractivity contribution in [2.75, 3.05) is 52.2 Å². The predicted octanol–water partition coefficient (Wildman–Crippen LogP) is 2.86. The van der Waals surface area contributed by atoms with Crippen LogP contribution in [-0.4, -0.2) is 74.3 Å². The lowest BCUT2D eigenvalue weighted by molar-refractivity contribution is 0.0652. The van der Waals surface area contributed by atoms with Crippen LogP contribution in [0.1, 0.15) is 38.5 Å². The van der Waals surface area contributed by atoms with Gasteiger partial charge in [0.1, 0.15) is 5.84 Å². The van der Waals surface area contributed by atoms with Gasteiger partial charge in [-0.3, -0.25) is 4.90 Å². The van der Waals surface area contributed by atoms with Crippen molar-refractivity contribution in [1.82, 2.24) is 9.80 Å². The molecule has 2 aliphatic rings. The summed E-state index contributed by atoms with van der Waals surface area (Å²) in [6.07, 6.45) is 0. The quantitative estimate of drug-likeness (QED) is 0.796. The number of piperazine rings is 1. The van der Waals surface area contributed by atoms with Gasteiger partial charge in [0.25, 0.3) is 0 Å². The minimum absolute atomic E-state index is 0.294. The van der Waals surface area contributed by atoms with Crippen LogP contribution < -0.4 is 0 Å². The number of amidine groups is 1. The molecule has 0 aromatic heterocycles. The minimum Gasteiger partial charge on any atom is -0.394 e. The Hall–Kier alpha value is -1.86. The van der Waals surface area contributed by atoms with Crippen molar-refractivity contribution in [2.24, 2.45) is 4.99 Å². The zero-order valence-corrected chi connectivity index (χ0v) is 13.9. The standard InChI is InChI=1S/C21H25N3O2S/c25-14-16-26-15-13-23-9-11-24(12-10-23)21-17-5-1-3-7-19(17)27-20-8-4-2-6-18(20)22-21/h1-8,25H,9-16H2/i1D,2D,3D,4D,5D,6D,7D,8D,9D2,10D2,11D2,12D2,13D2,14D2,15D2,16D2,25D. The highest BCUT2D eigenvalue weighted by molar-refractivity contribution is 7.99. The molecular formula is C21H25N3O2S. The first kappa shape index (κ1) is 5.19. The summed E-state index contributed by atoms with van der Waals surface area (Å²) in [5, 5.41) is 3.55. The Labute approximate surface area is 199 Å². The van der Waals surface area contributed by atoms with Crippen LogP contribution in [0.25, 0.3) is 0 Å². The molecule has 5 nitrogen and oxygen atoms in total. The Bertz CT molecular complexity index is 1840. The third kappa shape index (κ3) is 4.35. The molecule has 1 N–H and O–H groups in total. The van der Waals surface area contributed by atoms with Crippen LogP contribution in [0.5, 0.6) is 0 Å². The van der Waals surface area contributed by atoms with Crippen LogP contribution in [0.15, 0.2) is 63.1 Å². The summed E-state index contributed by atoms with van der Waals surface area (Å²) in [5.41, 5.74) is -1.73. The molecule has 2 aliphatic heterocycles. The van der Waals surface area contributed by atoms with E-state index in [1.807, 2.05) is 0 Å². The summed E-state index contributed by atoms with van der Waals surface area (Å²) in [6, 6.07) is -7.49. The molecule has 0 bridgehead atoms. The fraction of sp³-hybridized carbons (Fsp3) is 0.381. The normalized spacial score (nSPS) is 40.1. The van der Waals surface area contributed by atoms with Gasteiger partial charge in [-0.1, -0.05) is 42.0 Å². The van der Waals surface area contributed by atoms with E-state index < -0.39 is 137 Å². The van der Waals surface area contributed by atoms with Gasteiger partial charge in [-0.2, -0.15) is 0 Å². The number of para-hydroxylation sites is 1. The van der Waals surface area contributed by atoms with Crippen molar-refractivity contribution in [3.8, 4) is 0 Å². The van der Waals surface area contributed by atoms with Crippen LogP contribution in [0.2, 0.25) is 0 Å². The Morgan fingerprint density at radius 2 is 1.89 bits per heavy atom. The summed E-state index contributed by atoms with van der Waals surface area (Å²) in [5.74, 6) is -1.35. The van der Waals surface area contributed by atoms with Gasteiger partial charge >= 0.3 is 0 Å². The van der Waals surface area contributed by atoms with Crippen LogP contribution in [0.3, 0.4) is 0 Å². The van der Waals surface area contributed by atoms with Crippen molar-refractivity contribution in [1.29, 1.82) is 1.43 Å². The van der Waals surface area contributed by atoms with Gasteiger partial charge in [0.15, 0.2) is 0 Å². The zero-order chi connectivity index (χ0) is 40.5. The lowest BCUT2D eigenvalue weighted by Gasteiger charge is -2.36. The summed E-state index contributed by atoms with van der Waals surface area (Å²) in [7, 11) is 0. The predicted molar refractivity (Wildman–Crippen MR) is 109 cm³/mol. The lowest BCUT2D eigenvalue weighted by Crippen LogP contribution is -2.49. The molecular weight excluding hydrogens is 358 g/mol. The maximum atomic E-state index is 8.90. The first-order valence-corrected chi connectivity index (χ1v) is 7.88.